The summed E-state index contributed by atoms with van der Waals surface area (Å²) in [6, 6.07) is 4.18. The molecule has 0 aliphatic rings. The summed E-state index contributed by atoms with van der Waals surface area (Å²) in [4.78, 5) is 0.145. The Bertz CT molecular complexity index is 404. The van der Waals surface area contributed by atoms with Crippen molar-refractivity contribution in [1.29, 1.82) is 0 Å². The van der Waals surface area contributed by atoms with Crippen LogP contribution in [0.2, 0.25) is 5.02 Å². The number of benzene rings is 1. The lowest BCUT2D eigenvalue weighted by Gasteiger charge is -2.00. The van der Waals surface area contributed by atoms with Crippen LogP contribution in [0.3, 0.4) is 0 Å². The van der Waals surface area contributed by atoms with Crippen molar-refractivity contribution in [2.75, 3.05) is 5.73 Å². The molecule has 0 fully saturated rings. The largest absolute Gasteiger partial charge is 0.398 e. The summed E-state index contributed by atoms with van der Waals surface area (Å²) >= 11 is 5.62. The van der Waals surface area contributed by atoms with E-state index in [0.29, 0.717) is 5.69 Å². The molecule has 12 heavy (non-hydrogen) atoms. The number of hydrogen-bond acceptors (Lipinski definition) is 3. The number of hydrogen-bond donors (Lipinski definition) is 1. The fourth-order valence-corrected chi connectivity index (χ4v) is 1.91. The van der Waals surface area contributed by atoms with Crippen LogP contribution < -0.4 is 5.73 Å². The maximum atomic E-state index is 11.0. The second kappa shape index (κ2) is 3.21. The number of nitrogens with two attached hydrogens (primary N) is 1. The molecule has 3 nitrogen and oxygen atoms in total. The summed E-state index contributed by atoms with van der Waals surface area (Å²) in [6.45, 7) is 0. The lowest BCUT2D eigenvalue weighted by Crippen LogP contribution is -1.92. The van der Waals surface area contributed by atoms with Crippen molar-refractivity contribution in [3.63, 3.8) is 0 Å². The predicted octanol–water partition coefficient (Wildman–Crippen LogP) is 1.49. The highest BCUT2D eigenvalue weighted by Crippen LogP contribution is 2.25. The van der Waals surface area contributed by atoms with Gasteiger partial charge < -0.3 is 5.73 Å². The first-order valence-corrected chi connectivity index (χ1v) is 6.33. The van der Waals surface area contributed by atoms with Crippen molar-refractivity contribution in [1.82, 2.24) is 0 Å². The third kappa shape index (κ3) is 2.09. The summed E-state index contributed by atoms with van der Waals surface area (Å²) in [5.74, 6) is 0. The Kier molecular flexibility index (Phi) is 2.61. The summed E-state index contributed by atoms with van der Waals surface area (Å²) in [5, 5.41) is 0.249. The van der Waals surface area contributed by atoms with Crippen LogP contribution in [0, 0.1) is 0 Å². The van der Waals surface area contributed by atoms with Crippen molar-refractivity contribution >= 4 is 35.2 Å². The average Bonchev–Trinajstić information content (AvgIpc) is 1.92. The normalized spacial score (nSPS) is 11.5. The molecule has 0 radical (unpaired) electrons. The zero-order valence-corrected chi connectivity index (χ0v) is 8.72. The zero-order chi connectivity index (χ0) is 9.35. The van der Waals surface area contributed by atoms with Gasteiger partial charge in [0.05, 0.1) is 15.6 Å². The molecule has 0 bridgehead atoms. The van der Waals surface area contributed by atoms with E-state index in [1.165, 1.54) is 18.2 Å². The van der Waals surface area contributed by atoms with E-state index in [2.05, 4.69) is 0 Å². The van der Waals surface area contributed by atoms with E-state index in [-0.39, 0.29) is 9.92 Å². The minimum absolute atomic E-state index is 0.145. The molecule has 0 amide bonds. The Labute approximate surface area is 77.8 Å². The lowest BCUT2D eigenvalue weighted by atomic mass is 10.3. The second-order valence-corrected chi connectivity index (χ2v) is 6.06. The highest BCUT2D eigenvalue weighted by atomic mass is 35.5. The first-order valence-electron chi connectivity index (χ1n) is 2.99. The minimum atomic E-state index is -3.27. The summed E-state index contributed by atoms with van der Waals surface area (Å²) in [6.07, 6.45) is 0. The third-order valence-electron chi connectivity index (χ3n) is 1.30. The van der Waals surface area contributed by atoms with E-state index < -0.39 is 9.46 Å². The molecule has 2 N–H and O–H groups in total. The maximum Gasteiger partial charge on any atom is 0.189 e. The molecular formula is C6H7ClNO2PS. The molecule has 0 aliphatic heterocycles. The Hall–Kier alpha value is -0.310. The zero-order valence-electron chi connectivity index (χ0n) is 5.99. The van der Waals surface area contributed by atoms with Crippen LogP contribution in [-0.4, -0.2) is 8.42 Å². The monoisotopic (exact) mass is 223 g/mol. The van der Waals surface area contributed by atoms with Crippen molar-refractivity contribution in [3.8, 4) is 0 Å². The molecule has 0 spiro atoms. The standard InChI is InChI=1S/C6H7ClNO2PS/c7-5-3-4(12(9,10)11)1-2-6(5)8/h1-3H,8,11H2. The van der Waals surface area contributed by atoms with Crippen LogP contribution in [0.4, 0.5) is 5.69 Å². The van der Waals surface area contributed by atoms with Crippen LogP contribution in [0.15, 0.2) is 23.1 Å². The first-order chi connectivity index (χ1) is 5.41. The van der Waals surface area contributed by atoms with Crippen LogP contribution in [-0.2, 0) is 9.46 Å². The molecule has 1 aromatic carbocycles. The SMILES string of the molecule is Nc1ccc(S(=O)(=O)P)cc1Cl. The summed E-state index contributed by atoms with van der Waals surface area (Å²) in [5.41, 5.74) is 5.77. The van der Waals surface area contributed by atoms with Gasteiger partial charge in [-0.05, 0) is 26.6 Å². The second-order valence-electron chi connectivity index (χ2n) is 2.23. The molecule has 0 saturated carbocycles. The third-order valence-corrected chi connectivity index (χ3v) is 3.36. The van der Waals surface area contributed by atoms with Gasteiger partial charge in [-0.3, -0.25) is 0 Å². The highest BCUT2D eigenvalue weighted by Gasteiger charge is 2.08. The predicted molar refractivity (Wildman–Crippen MR) is 52.8 cm³/mol. The Balaban J connectivity index is 3.33. The van der Waals surface area contributed by atoms with E-state index in [1.54, 1.807) is 8.44 Å². The van der Waals surface area contributed by atoms with Crippen molar-refractivity contribution in [3.05, 3.63) is 23.2 Å². The first kappa shape index (κ1) is 9.78. The topological polar surface area (TPSA) is 60.2 Å². The number of nitrogen functional groups attached to an aromatic ring is 1. The van der Waals surface area contributed by atoms with Crippen LogP contribution >= 0.6 is 20.0 Å². The molecule has 6 heteroatoms. The van der Waals surface area contributed by atoms with Crippen molar-refractivity contribution in [2.24, 2.45) is 0 Å². The van der Waals surface area contributed by atoms with Crippen LogP contribution in [0.25, 0.3) is 0 Å². The molecule has 0 saturated heterocycles. The van der Waals surface area contributed by atoms with Gasteiger partial charge in [0.2, 0.25) is 0 Å². The molecule has 0 aromatic heterocycles. The van der Waals surface area contributed by atoms with E-state index in [0.717, 1.165) is 0 Å². The maximum absolute atomic E-state index is 11.0. The molecule has 66 valence electrons. The van der Waals surface area contributed by atoms with E-state index in [4.69, 9.17) is 17.3 Å². The number of anilines is 1. The van der Waals surface area contributed by atoms with Crippen LogP contribution in [0.1, 0.15) is 0 Å². The summed E-state index contributed by atoms with van der Waals surface area (Å²) in [7, 11) is -1.52. The van der Waals surface area contributed by atoms with Crippen molar-refractivity contribution < 1.29 is 8.42 Å². The van der Waals surface area contributed by atoms with Gasteiger partial charge >= 0.3 is 0 Å². The lowest BCUT2D eigenvalue weighted by molar-refractivity contribution is 0.610. The smallest absolute Gasteiger partial charge is 0.189 e. The quantitative estimate of drug-likeness (QED) is 0.580. The van der Waals surface area contributed by atoms with Gasteiger partial charge in [-0.25, -0.2) is 8.42 Å². The van der Waals surface area contributed by atoms with Gasteiger partial charge in [0.15, 0.2) is 9.46 Å². The van der Waals surface area contributed by atoms with Gasteiger partial charge in [0.1, 0.15) is 0 Å². The van der Waals surface area contributed by atoms with Gasteiger partial charge in [-0.1, -0.05) is 11.6 Å². The van der Waals surface area contributed by atoms with E-state index >= 15 is 0 Å². The Morgan fingerprint density at radius 2 is 2.00 bits per heavy atom. The van der Waals surface area contributed by atoms with Gasteiger partial charge in [-0.15, -0.1) is 0 Å². The molecular weight excluding hydrogens is 217 g/mol. The van der Waals surface area contributed by atoms with E-state index in [1.807, 2.05) is 0 Å². The van der Waals surface area contributed by atoms with Gasteiger partial charge in [0, 0.05) is 0 Å². The average molecular weight is 224 g/mol. The van der Waals surface area contributed by atoms with Crippen molar-refractivity contribution in [2.45, 2.75) is 4.90 Å². The molecule has 1 unspecified atom stereocenters. The highest BCUT2D eigenvalue weighted by molar-refractivity contribution is 8.37. The Morgan fingerprint density at radius 3 is 2.42 bits per heavy atom. The minimum Gasteiger partial charge on any atom is -0.398 e. The fraction of sp³-hybridized carbons (Fsp3) is 0. The number of rotatable bonds is 1. The summed E-state index contributed by atoms with van der Waals surface area (Å²) < 4.78 is 21.9. The molecule has 1 rings (SSSR count). The van der Waals surface area contributed by atoms with Crippen LogP contribution in [0.5, 0.6) is 0 Å². The number of halogens is 1. The molecule has 0 heterocycles. The molecule has 1 aromatic rings. The molecule has 1 atom stereocenters. The van der Waals surface area contributed by atoms with Gasteiger partial charge in [0.25, 0.3) is 0 Å². The Morgan fingerprint density at radius 1 is 1.42 bits per heavy atom. The van der Waals surface area contributed by atoms with E-state index in [9.17, 15) is 8.42 Å². The fourth-order valence-electron chi connectivity index (χ4n) is 0.685. The van der Waals surface area contributed by atoms with Gasteiger partial charge in [-0.2, -0.15) is 0 Å². The molecule has 0 aliphatic carbocycles.